The molecular formula is C14H13BrF2N2O. The zero-order valence-corrected chi connectivity index (χ0v) is 12.2. The van der Waals surface area contributed by atoms with Gasteiger partial charge in [0.25, 0.3) is 6.43 Å². The fraction of sp³-hybridized carbons (Fsp3) is 0.143. The van der Waals surface area contributed by atoms with Crippen molar-refractivity contribution in [1.29, 1.82) is 0 Å². The van der Waals surface area contributed by atoms with Crippen LogP contribution in [-0.2, 0) is 0 Å². The molecule has 0 spiro atoms. The number of nitrogens with two attached hydrogens (primary N) is 1. The van der Waals surface area contributed by atoms with E-state index in [1.54, 1.807) is 24.3 Å². The molecule has 0 heterocycles. The van der Waals surface area contributed by atoms with Crippen LogP contribution in [0.3, 0.4) is 0 Å². The van der Waals surface area contributed by atoms with Crippen LogP contribution in [0.5, 0.6) is 5.75 Å². The Morgan fingerprint density at radius 3 is 2.60 bits per heavy atom. The van der Waals surface area contributed by atoms with Gasteiger partial charge in [-0.15, -0.1) is 0 Å². The average molecular weight is 343 g/mol. The molecule has 0 bridgehead atoms. The number of anilines is 3. The molecule has 0 unspecified atom stereocenters. The van der Waals surface area contributed by atoms with Crippen LogP contribution in [-0.4, -0.2) is 7.11 Å². The second-order valence-electron chi connectivity index (χ2n) is 4.12. The number of halogens is 3. The van der Waals surface area contributed by atoms with Gasteiger partial charge < -0.3 is 15.8 Å². The van der Waals surface area contributed by atoms with E-state index >= 15 is 0 Å². The van der Waals surface area contributed by atoms with Crippen LogP contribution in [0.1, 0.15) is 12.0 Å². The van der Waals surface area contributed by atoms with Gasteiger partial charge in [0.2, 0.25) is 0 Å². The van der Waals surface area contributed by atoms with Crippen LogP contribution in [0.4, 0.5) is 25.8 Å². The third kappa shape index (κ3) is 3.19. The SMILES string of the molecule is COc1cc(Nc2ccc(N)cc2C(F)F)ccc1Br. The maximum absolute atomic E-state index is 13.0. The Hall–Kier alpha value is -1.82. The topological polar surface area (TPSA) is 47.3 Å². The Morgan fingerprint density at radius 1 is 1.20 bits per heavy atom. The van der Waals surface area contributed by atoms with Gasteiger partial charge in [-0.05, 0) is 46.3 Å². The molecular weight excluding hydrogens is 330 g/mol. The first-order chi connectivity index (χ1) is 9.51. The van der Waals surface area contributed by atoms with E-state index < -0.39 is 6.43 Å². The number of alkyl halides is 2. The van der Waals surface area contributed by atoms with Gasteiger partial charge in [0, 0.05) is 28.7 Å². The molecule has 0 amide bonds. The lowest BCUT2D eigenvalue weighted by Crippen LogP contribution is -1.99. The number of nitrogen functional groups attached to an aromatic ring is 1. The van der Waals surface area contributed by atoms with E-state index in [4.69, 9.17) is 10.5 Å². The van der Waals surface area contributed by atoms with Gasteiger partial charge in [0.15, 0.2) is 0 Å². The summed E-state index contributed by atoms with van der Waals surface area (Å²) in [6.07, 6.45) is -2.60. The standard InChI is InChI=1S/C14H13BrF2N2O/c1-20-13-7-9(3-4-11(13)15)19-12-5-2-8(18)6-10(12)14(16)17/h2-7,14,19H,18H2,1H3. The van der Waals surface area contributed by atoms with Crippen molar-refractivity contribution < 1.29 is 13.5 Å². The lowest BCUT2D eigenvalue weighted by molar-refractivity contribution is 0.152. The number of ether oxygens (including phenoxy) is 1. The van der Waals surface area contributed by atoms with Gasteiger partial charge in [0.1, 0.15) is 5.75 Å². The first-order valence-electron chi connectivity index (χ1n) is 5.79. The summed E-state index contributed by atoms with van der Waals surface area (Å²) in [6, 6.07) is 9.63. The first-order valence-corrected chi connectivity index (χ1v) is 6.58. The summed E-state index contributed by atoms with van der Waals surface area (Å²) < 4.78 is 31.9. The minimum absolute atomic E-state index is 0.133. The number of hydrogen-bond donors (Lipinski definition) is 2. The number of benzene rings is 2. The minimum Gasteiger partial charge on any atom is -0.495 e. The van der Waals surface area contributed by atoms with Crippen LogP contribution < -0.4 is 15.8 Å². The molecule has 2 aromatic carbocycles. The summed E-state index contributed by atoms with van der Waals surface area (Å²) >= 11 is 3.33. The number of hydrogen-bond acceptors (Lipinski definition) is 3. The number of rotatable bonds is 4. The van der Waals surface area contributed by atoms with Crippen molar-refractivity contribution in [3.8, 4) is 5.75 Å². The van der Waals surface area contributed by atoms with E-state index in [0.717, 1.165) is 4.47 Å². The minimum atomic E-state index is -2.60. The van der Waals surface area contributed by atoms with Crippen molar-refractivity contribution >= 4 is 33.0 Å². The molecule has 20 heavy (non-hydrogen) atoms. The lowest BCUT2D eigenvalue weighted by atomic mass is 10.1. The van der Waals surface area contributed by atoms with E-state index in [0.29, 0.717) is 22.8 Å². The lowest BCUT2D eigenvalue weighted by Gasteiger charge is -2.13. The summed E-state index contributed by atoms with van der Waals surface area (Å²) in [5, 5.41) is 2.95. The maximum atomic E-state index is 13.0. The highest BCUT2D eigenvalue weighted by atomic mass is 79.9. The molecule has 0 radical (unpaired) electrons. The van der Waals surface area contributed by atoms with Gasteiger partial charge >= 0.3 is 0 Å². The molecule has 0 atom stereocenters. The largest absolute Gasteiger partial charge is 0.495 e. The summed E-state index contributed by atoms with van der Waals surface area (Å²) in [6.45, 7) is 0. The first kappa shape index (κ1) is 14.6. The van der Waals surface area contributed by atoms with Crippen LogP contribution >= 0.6 is 15.9 Å². The van der Waals surface area contributed by atoms with Gasteiger partial charge in [-0.3, -0.25) is 0 Å². The molecule has 2 aromatic rings. The van der Waals surface area contributed by atoms with E-state index in [1.807, 2.05) is 0 Å². The summed E-state index contributed by atoms with van der Waals surface area (Å²) in [7, 11) is 1.54. The second kappa shape index (κ2) is 6.09. The fourth-order valence-electron chi connectivity index (χ4n) is 1.77. The summed E-state index contributed by atoms with van der Waals surface area (Å²) in [4.78, 5) is 0. The van der Waals surface area contributed by atoms with Crippen molar-refractivity contribution in [2.24, 2.45) is 0 Å². The Bertz CT molecular complexity index is 620. The van der Waals surface area contributed by atoms with Crippen molar-refractivity contribution in [3.63, 3.8) is 0 Å². The predicted molar refractivity (Wildman–Crippen MR) is 79.8 cm³/mol. The number of methoxy groups -OCH3 is 1. The van der Waals surface area contributed by atoms with Gasteiger partial charge in [-0.1, -0.05) is 0 Å². The molecule has 106 valence electrons. The molecule has 6 heteroatoms. The Morgan fingerprint density at radius 2 is 1.95 bits per heavy atom. The fourth-order valence-corrected chi connectivity index (χ4v) is 2.18. The van der Waals surface area contributed by atoms with Crippen LogP contribution in [0.2, 0.25) is 0 Å². The third-order valence-electron chi connectivity index (χ3n) is 2.74. The van der Waals surface area contributed by atoms with Crippen LogP contribution in [0.15, 0.2) is 40.9 Å². The highest BCUT2D eigenvalue weighted by Gasteiger charge is 2.14. The summed E-state index contributed by atoms with van der Waals surface area (Å²) in [5.41, 5.74) is 6.68. The summed E-state index contributed by atoms with van der Waals surface area (Å²) in [5.74, 6) is 0.615. The second-order valence-corrected chi connectivity index (χ2v) is 4.98. The zero-order chi connectivity index (χ0) is 14.7. The van der Waals surface area contributed by atoms with Crippen molar-refractivity contribution in [3.05, 3.63) is 46.4 Å². The zero-order valence-electron chi connectivity index (χ0n) is 10.7. The van der Waals surface area contributed by atoms with Crippen LogP contribution in [0, 0.1) is 0 Å². The quantitative estimate of drug-likeness (QED) is 0.790. The van der Waals surface area contributed by atoms with Crippen molar-refractivity contribution in [2.75, 3.05) is 18.2 Å². The Kier molecular flexibility index (Phi) is 4.44. The smallest absolute Gasteiger partial charge is 0.265 e. The highest BCUT2D eigenvalue weighted by molar-refractivity contribution is 9.10. The molecule has 2 rings (SSSR count). The normalized spacial score (nSPS) is 10.7. The van der Waals surface area contributed by atoms with Gasteiger partial charge in [-0.2, -0.15) is 0 Å². The molecule has 0 aromatic heterocycles. The molecule has 0 aliphatic carbocycles. The monoisotopic (exact) mass is 342 g/mol. The maximum Gasteiger partial charge on any atom is 0.265 e. The van der Waals surface area contributed by atoms with E-state index in [2.05, 4.69) is 21.2 Å². The molecule has 0 saturated heterocycles. The number of nitrogens with one attached hydrogen (secondary N) is 1. The third-order valence-corrected chi connectivity index (χ3v) is 3.40. The van der Waals surface area contributed by atoms with E-state index in [-0.39, 0.29) is 5.56 Å². The van der Waals surface area contributed by atoms with Gasteiger partial charge in [0.05, 0.1) is 11.6 Å². The van der Waals surface area contributed by atoms with Crippen LogP contribution in [0.25, 0.3) is 0 Å². The molecule has 3 nitrogen and oxygen atoms in total. The van der Waals surface area contributed by atoms with Crippen molar-refractivity contribution in [2.45, 2.75) is 6.43 Å². The Balaban J connectivity index is 2.34. The van der Waals surface area contributed by atoms with E-state index in [9.17, 15) is 8.78 Å². The molecule has 0 fully saturated rings. The predicted octanol–water partition coefficient (Wildman–Crippen LogP) is 4.72. The molecule has 0 saturated carbocycles. The molecule has 3 N–H and O–H groups in total. The molecule has 0 aliphatic heterocycles. The molecule has 0 aliphatic rings. The average Bonchev–Trinajstić information content (AvgIpc) is 2.42. The van der Waals surface area contributed by atoms with Crippen molar-refractivity contribution in [1.82, 2.24) is 0 Å². The Labute approximate surface area is 123 Å². The van der Waals surface area contributed by atoms with E-state index in [1.165, 1.54) is 19.2 Å². The highest BCUT2D eigenvalue weighted by Crippen LogP contribution is 2.33. The van der Waals surface area contributed by atoms with Gasteiger partial charge in [-0.25, -0.2) is 8.78 Å².